The summed E-state index contributed by atoms with van der Waals surface area (Å²) in [4.78, 5) is 11.9. The van der Waals surface area contributed by atoms with Gasteiger partial charge in [-0.15, -0.1) is 0 Å². The Labute approximate surface area is 128 Å². The highest BCUT2D eigenvalue weighted by Crippen LogP contribution is 2.37. The van der Waals surface area contributed by atoms with Gasteiger partial charge in [-0.05, 0) is 43.9 Å². The van der Waals surface area contributed by atoms with E-state index in [0.717, 1.165) is 32.3 Å². The fourth-order valence-corrected chi connectivity index (χ4v) is 4.19. The molecule has 21 heavy (non-hydrogen) atoms. The van der Waals surface area contributed by atoms with E-state index in [0.29, 0.717) is 12.0 Å². The van der Waals surface area contributed by atoms with E-state index in [-0.39, 0.29) is 11.9 Å². The average Bonchev–Trinajstić information content (AvgIpc) is 2.89. The molecule has 2 fully saturated rings. The Kier molecular flexibility index (Phi) is 6.06. The molecule has 0 spiro atoms. The van der Waals surface area contributed by atoms with Crippen molar-refractivity contribution in [1.82, 2.24) is 0 Å². The van der Waals surface area contributed by atoms with Crippen LogP contribution >= 0.6 is 0 Å². The van der Waals surface area contributed by atoms with Gasteiger partial charge in [0.1, 0.15) is 5.54 Å². The third-order valence-electron chi connectivity index (χ3n) is 5.60. The van der Waals surface area contributed by atoms with Gasteiger partial charge in [-0.1, -0.05) is 32.6 Å². The molecule has 0 heterocycles. The monoisotopic (exact) mass is 297 g/mol. The lowest BCUT2D eigenvalue weighted by Gasteiger charge is -2.32. The van der Waals surface area contributed by atoms with Crippen molar-refractivity contribution >= 4 is 5.97 Å². The van der Waals surface area contributed by atoms with E-state index in [1.54, 1.807) is 0 Å². The number of hydrogen-bond donors (Lipinski definition) is 1. The van der Waals surface area contributed by atoms with E-state index in [1.807, 2.05) is 0 Å². The van der Waals surface area contributed by atoms with E-state index >= 15 is 0 Å². The van der Waals surface area contributed by atoms with Crippen molar-refractivity contribution in [2.24, 2.45) is 17.6 Å². The van der Waals surface area contributed by atoms with Crippen molar-refractivity contribution in [3.8, 4) is 0 Å². The molecule has 2 aliphatic rings. The second kappa shape index (κ2) is 7.59. The fraction of sp³-hybridized carbons (Fsp3) is 0.941. The molecule has 4 heteroatoms. The van der Waals surface area contributed by atoms with Crippen LogP contribution in [-0.4, -0.2) is 31.3 Å². The molecule has 0 radical (unpaired) electrons. The molecule has 4 unspecified atom stereocenters. The maximum atomic E-state index is 11.9. The number of hydrogen-bond acceptors (Lipinski definition) is 4. The zero-order valence-electron chi connectivity index (χ0n) is 13.6. The second-order valence-electron chi connectivity index (χ2n) is 6.77. The van der Waals surface area contributed by atoms with Crippen LogP contribution in [0.4, 0.5) is 0 Å². The third-order valence-corrected chi connectivity index (χ3v) is 5.60. The third kappa shape index (κ3) is 3.78. The average molecular weight is 297 g/mol. The summed E-state index contributed by atoms with van der Waals surface area (Å²) in [7, 11) is 1.43. The number of methoxy groups -OCH3 is 1. The lowest BCUT2D eigenvalue weighted by Crippen LogP contribution is -2.52. The van der Waals surface area contributed by atoms with Gasteiger partial charge < -0.3 is 15.2 Å². The molecule has 2 saturated carbocycles. The Hall–Kier alpha value is -0.610. The number of esters is 1. The Morgan fingerprint density at radius 2 is 2.00 bits per heavy atom. The normalized spacial score (nSPS) is 36.6. The predicted octanol–water partition coefficient (Wildman–Crippen LogP) is 3.03. The summed E-state index contributed by atoms with van der Waals surface area (Å²) < 4.78 is 11.0. The summed E-state index contributed by atoms with van der Waals surface area (Å²) in [5.74, 6) is 0.660. The molecular weight excluding hydrogens is 266 g/mol. The molecule has 0 aromatic heterocycles. The zero-order valence-corrected chi connectivity index (χ0v) is 13.6. The molecule has 2 N–H and O–H groups in total. The standard InChI is InChI=1S/C17H31NO3/c1-3-13-7-4-5-9-15(13)21-12-10-14-8-6-11-17(14,18)16(19)20-2/h13-15H,3-12,18H2,1-2H3. The minimum Gasteiger partial charge on any atom is -0.468 e. The summed E-state index contributed by atoms with van der Waals surface area (Å²) in [5.41, 5.74) is 5.52. The van der Waals surface area contributed by atoms with Gasteiger partial charge in [-0.3, -0.25) is 4.79 Å². The van der Waals surface area contributed by atoms with E-state index in [1.165, 1.54) is 39.2 Å². The summed E-state index contributed by atoms with van der Waals surface area (Å²) in [6, 6.07) is 0. The molecule has 4 atom stereocenters. The van der Waals surface area contributed by atoms with Crippen molar-refractivity contribution in [3.63, 3.8) is 0 Å². The molecule has 4 nitrogen and oxygen atoms in total. The Balaban J connectivity index is 1.81. The van der Waals surface area contributed by atoms with Crippen molar-refractivity contribution in [2.45, 2.75) is 76.4 Å². The number of rotatable bonds is 6. The van der Waals surface area contributed by atoms with Gasteiger partial charge in [0.15, 0.2) is 0 Å². The molecule has 0 aromatic carbocycles. The highest BCUT2D eigenvalue weighted by atomic mass is 16.5. The topological polar surface area (TPSA) is 61.5 Å². The SMILES string of the molecule is CCC1CCCCC1OCCC1CCCC1(N)C(=O)OC. The zero-order chi connectivity index (χ0) is 15.3. The lowest BCUT2D eigenvalue weighted by molar-refractivity contribution is -0.148. The van der Waals surface area contributed by atoms with Crippen molar-refractivity contribution in [3.05, 3.63) is 0 Å². The van der Waals surface area contributed by atoms with Crippen LogP contribution in [0.15, 0.2) is 0 Å². The van der Waals surface area contributed by atoms with Crippen LogP contribution in [0.2, 0.25) is 0 Å². The molecule has 122 valence electrons. The summed E-state index contributed by atoms with van der Waals surface area (Å²) in [6.07, 6.45) is 10.4. The number of ether oxygens (including phenoxy) is 2. The van der Waals surface area contributed by atoms with Gasteiger partial charge in [0.05, 0.1) is 13.2 Å². The first-order chi connectivity index (χ1) is 10.1. The van der Waals surface area contributed by atoms with Crippen LogP contribution in [0, 0.1) is 11.8 Å². The molecule has 0 bridgehead atoms. The smallest absolute Gasteiger partial charge is 0.326 e. The summed E-state index contributed by atoms with van der Waals surface area (Å²) in [6.45, 7) is 2.98. The van der Waals surface area contributed by atoms with Gasteiger partial charge in [0, 0.05) is 6.61 Å². The minimum absolute atomic E-state index is 0.202. The van der Waals surface area contributed by atoms with E-state index in [4.69, 9.17) is 15.2 Å². The molecule has 0 aromatic rings. The predicted molar refractivity (Wildman–Crippen MR) is 82.9 cm³/mol. The summed E-state index contributed by atoms with van der Waals surface area (Å²) >= 11 is 0. The fourth-order valence-electron chi connectivity index (χ4n) is 4.19. The van der Waals surface area contributed by atoms with Crippen LogP contribution in [0.5, 0.6) is 0 Å². The van der Waals surface area contributed by atoms with Gasteiger partial charge in [0.2, 0.25) is 0 Å². The van der Waals surface area contributed by atoms with Crippen molar-refractivity contribution in [2.75, 3.05) is 13.7 Å². The van der Waals surface area contributed by atoms with E-state index in [9.17, 15) is 4.79 Å². The molecular formula is C17H31NO3. The Morgan fingerprint density at radius 3 is 2.71 bits per heavy atom. The van der Waals surface area contributed by atoms with Crippen molar-refractivity contribution in [1.29, 1.82) is 0 Å². The lowest BCUT2D eigenvalue weighted by atomic mass is 9.84. The van der Waals surface area contributed by atoms with Crippen LogP contribution in [-0.2, 0) is 14.3 Å². The maximum Gasteiger partial charge on any atom is 0.326 e. The van der Waals surface area contributed by atoms with E-state index < -0.39 is 5.54 Å². The minimum atomic E-state index is -0.783. The number of carbonyl (C=O) groups excluding carboxylic acids is 1. The first kappa shape index (κ1) is 16.8. The quantitative estimate of drug-likeness (QED) is 0.765. The maximum absolute atomic E-state index is 11.9. The van der Waals surface area contributed by atoms with Gasteiger partial charge in [-0.25, -0.2) is 0 Å². The molecule has 0 aliphatic heterocycles. The van der Waals surface area contributed by atoms with E-state index in [2.05, 4.69) is 6.92 Å². The Morgan fingerprint density at radius 1 is 1.24 bits per heavy atom. The van der Waals surface area contributed by atoms with Crippen LogP contribution in [0.25, 0.3) is 0 Å². The first-order valence-corrected chi connectivity index (χ1v) is 8.60. The highest BCUT2D eigenvalue weighted by molar-refractivity contribution is 5.81. The highest BCUT2D eigenvalue weighted by Gasteiger charge is 2.46. The first-order valence-electron chi connectivity index (χ1n) is 8.60. The van der Waals surface area contributed by atoms with Gasteiger partial charge >= 0.3 is 5.97 Å². The summed E-state index contributed by atoms with van der Waals surface area (Å²) in [5, 5.41) is 0. The van der Waals surface area contributed by atoms with Crippen molar-refractivity contribution < 1.29 is 14.3 Å². The molecule has 0 amide bonds. The molecule has 2 aliphatic carbocycles. The van der Waals surface area contributed by atoms with Gasteiger partial charge in [-0.2, -0.15) is 0 Å². The van der Waals surface area contributed by atoms with Crippen LogP contribution in [0.1, 0.15) is 64.7 Å². The van der Waals surface area contributed by atoms with Crippen LogP contribution in [0.3, 0.4) is 0 Å². The molecule has 0 saturated heterocycles. The number of carbonyl (C=O) groups is 1. The van der Waals surface area contributed by atoms with Gasteiger partial charge in [0.25, 0.3) is 0 Å². The largest absolute Gasteiger partial charge is 0.468 e. The number of nitrogens with two attached hydrogens (primary N) is 1. The Bertz CT molecular complexity index is 347. The molecule has 2 rings (SSSR count). The van der Waals surface area contributed by atoms with Crippen LogP contribution < -0.4 is 5.73 Å². The second-order valence-corrected chi connectivity index (χ2v) is 6.77.